The Balaban J connectivity index is 2.43. The van der Waals surface area contributed by atoms with E-state index in [0.29, 0.717) is 5.39 Å². The summed E-state index contributed by atoms with van der Waals surface area (Å²) in [5, 5.41) is 0.670. The Labute approximate surface area is 123 Å². The monoisotopic (exact) mass is 278 g/mol. The van der Waals surface area contributed by atoms with E-state index in [1.807, 2.05) is 55.5 Å². The van der Waals surface area contributed by atoms with Crippen molar-refractivity contribution in [2.24, 2.45) is 0 Å². The highest BCUT2D eigenvalue weighted by atomic mass is 16.1. The number of hydrogen-bond acceptors (Lipinski definition) is 2. The smallest absolute Gasteiger partial charge is 0.265 e. The van der Waals surface area contributed by atoms with Crippen LogP contribution in [0.5, 0.6) is 0 Å². The average Bonchev–Trinajstić information content (AvgIpc) is 2.48. The highest BCUT2D eigenvalue weighted by molar-refractivity contribution is 5.78. The summed E-state index contributed by atoms with van der Waals surface area (Å²) < 4.78 is 1.73. The molecule has 1 aromatic heterocycles. The summed E-state index contributed by atoms with van der Waals surface area (Å²) in [5.41, 5.74) is 2.69. The van der Waals surface area contributed by atoms with E-state index in [1.54, 1.807) is 4.57 Å². The van der Waals surface area contributed by atoms with Crippen molar-refractivity contribution in [1.82, 2.24) is 9.55 Å². The fourth-order valence-corrected chi connectivity index (χ4v) is 2.53. The third-order valence-electron chi connectivity index (χ3n) is 3.58. The molecule has 0 bridgehead atoms. The molecule has 2 aromatic carbocycles. The molecule has 3 nitrogen and oxygen atoms in total. The molecule has 0 radical (unpaired) electrons. The molecule has 0 amide bonds. The molecule has 106 valence electrons. The van der Waals surface area contributed by atoms with Crippen molar-refractivity contribution in [3.8, 4) is 5.69 Å². The number of aromatic nitrogens is 2. The summed E-state index contributed by atoms with van der Waals surface area (Å²) in [7, 11) is 0. The Morgan fingerprint density at radius 2 is 1.76 bits per heavy atom. The van der Waals surface area contributed by atoms with E-state index in [0.717, 1.165) is 22.6 Å². The first kappa shape index (κ1) is 13.6. The van der Waals surface area contributed by atoms with Gasteiger partial charge in [0.05, 0.1) is 16.6 Å². The molecule has 0 aliphatic rings. The van der Waals surface area contributed by atoms with Gasteiger partial charge >= 0.3 is 0 Å². The minimum atomic E-state index is -0.00130. The van der Waals surface area contributed by atoms with Gasteiger partial charge in [-0.25, -0.2) is 4.98 Å². The molecule has 0 aliphatic carbocycles. The zero-order valence-corrected chi connectivity index (χ0v) is 12.5. The van der Waals surface area contributed by atoms with Crippen molar-refractivity contribution in [2.45, 2.75) is 26.7 Å². The lowest BCUT2D eigenvalue weighted by atomic mass is 10.1. The average molecular weight is 278 g/mol. The van der Waals surface area contributed by atoms with E-state index in [2.05, 4.69) is 13.8 Å². The maximum absolute atomic E-state index is 12.9. The predicted molar refractivity (Wildman–Crippen MR) is 86.2 cm³/mol. The van der Waals surface area contributed by atoms with Gasteiger partial charge < -0.3 is 0 Å². The summed E-state index contributed by atoms with van der Waals surface area (Å²) >= 11 is 0. The molecule has 0 aliphatic heterocycles. The SMILES string of the molecule is Cc1ccc2nc(C(C)C)n(-c3ccccc3)c(=O)c2c1. The second kappa shape index (κ2) is 5.17. The molecule has 0 spiro atoms. The minimum Gasteiger partial charge on any atom is -0.268 e. The lowest BCUT2D eigenvalue weighted by Crippen LogP contribution is -2.24. The number of nitrogens with zero attached hydrogens (tertiary/aromatic N) is 2. The fraction of sp³-hybridized carbons (Fsp3) is 0.222. The Morgan fingerprint density at radius 1 is 1.05 bits per heavy atom. The van der Waals surface area contributed by atoms with Crippen molar-refractivity contribution < 1.29 is 0 Å². The van der Waals surface area contributed by atoms with Crippen LogP contribution < -0.4 is 5.56 Å². The fourth-order valence-electron chi connectivity index (χ4n) is 2.53. The number of rotatable bonds is 2. The van der Waals surface area contributed by atoms with E-state index < -0.39 is 0 Å². The van der Waals surface area contributed by atoms with Gasteiger partial charge in [-0.05, 0) is 31.2 Å². The molecule has 3 heteroatoms. The van der Waals surface area contributed by atoms with Gasteiger partial charge in [0.1, 0.15) is 5.82 Å². The molecule has 0 atom stereocenters. The molecule has 0 unspecified atom stereocenters. The summed E-state index contributed by atoms with van der Waals surface area (Å²) in [5.74, 6) is 0.964. The molecule has 21 heavy (non-hydrogen) atoms. The molecule has 0 N–H and O–H groups in total. The minimum absolute atomic E-state index is 0.00130. The van der Waals surface area contributed by atoms with Crippen LogP contribution in [0.4, 0.5) is 0 Å². The molecule has 1 heterocycles. The van der Waals surface area contributed by atoms with Crippen LogP contribution in [-0.2, 0) is 0 Å². The first-order chi connectivity index (χ1) is 10.1. The normalized spacial score (nSPS) is 11.2. The van der Waals surface area contributed by atoms with Gasteiger partial charge in [-0.15, -0.1) is 0 Å². The second-order valence-corrected chi connectivity index (χ2v) is 5.62. The Kier molecular flexibility index (Phi) is 3.34. The van der Waals surface area contributed by atoms with Crippen molar-refractivity contribution in [3.05, 3.63) is 70.3 Å². The van der Waals surface area contributed by atoms with Gasteiger partial charge in [0.2, 0.25) is 0 Å². The van der Waals surface area contributed by atoms with Crippen LogP contribution in [0.3, 0.4) is 0 Å². The first-order valence-corrected chi connectivity index (χ1v) is 7.16. The highest BCUT2D eigenvalue weighted by Crippen LogP contribution is 2.19. The molecular formula is C18H18N2O. The topological polar surface area (TPSA) is 34.9 Å². The Bertz CT molecular complexity index is 848. The predicted octanol–water partition coefficient (Wildman–Crippen LogP) is 3.82. The number of fused-ring (bicyclic) bond motifs is 1. The van der Waals surface area contributed by atoms with Crippen LogP contribution in [0.2, 0.25) is 0 Å². The zero-order chi connectivity index (χ0) is 15.0. The summed E-state index contributed by atoms with van der Waals surface area (Å²) in [6.07, 6.45) is 0. The van der Waals surface area contributed by atoms with Crippen LogP contribution in [0.1, 0.15) is 31.2 Å². The largest absolute Gasteiger partial charge is 0.268 e. The summed E-state index contributed by atoms with van der Waals surface area (Å²) in [4.78, 5) is 17.6. The summed E-state index contributed by atoms with van der Waals surface area (Å²) in [6.45, 7) is 6.10. The van der Waals surface area contributed by atoms with E-state index in [9.17, 15) is 4.79 Å². The van der Waals surface area contributed by atoms with Crippen molar-refractivity contribution in [2.75, 3.05) is 0 Å². The standard InChI is InChI=1S/C18H18N2O/c1-12(2)17-19-16-10-9-13(3)11-15(16)18(21)20(17)14-7-5-4-6-8-14/h4-12H,1-3H3. The molecule has 3 aromatic rings. The third-order valence-corrected chi connectivity index (χ3v) is 3.58. The van der Waals surface area contributed by atoms with Crippen LogP contribution in [0, 0.1) is 6.92 Å². The lowest BCUT2D eigenvalue weighted by molar-refractivity contribution is 0.723. The van der Waals surface area contributed by atoms with E-state index >= 15 is 0 Å². The van der Waals surface area contributed by atoms with Gasteiger partial charge in [0, 0.05) is 5.92 Å². The van der Waals surface area contributed by atoms with E-state index in [1.165, 1.54) is 0 Å². The highest BCUT2D eigenvalue weighted by Gasteiger charge is 2.15. The van der Waals surface area contributed by atoms with Crippen molar-refractivity contribution in [1.29, 1.82) is 0 Å². The zero-order valence-electron chi connectivity index (χ0n) is 12.5. The summed E-state index contributed by atoms with van der Waals surface area (Å²) in [6, 6.07) is 15.5. The number of hydrogen-bond donors (Lipinski definition) is 0. The van der Waals surface area contributed by atoms with Gasteiger partial charge in [0.25, 0.3) is 5.56 Å². The van der Waals surface area contributed by atoms with Crippen LogP contribution in [-0.4, -0.2) is 9.55 Å². The Hall–Kier alpha value is -2.42. The maximum Gasteiger partial charge on any atom is 0.265 e. The number of para-hydroxylation sites is 1. The van der Waals surface area contributed by atoms with Gasteiger partial charge in [-0.1, -0.05) is 43.7 Å². The van der Waals surface area contributed by atoms with Gasteiger partial charge in [0.15, 0.2) is 0 Å². The molecule has 0 saturated heterocycles. The van der Waals surface area contributed by atoms with Crippen molar-refractivity contribution >= 4 is 10.9 Å². The molecular weight excluding hydrogens is 260 g/mol. The van der Waals surface area contributed by atoms with Crippen LogP contribution in [0.15, 0.2) is 53.3 Å². The van der Waals surface area contributed by atoms with Gasteiger partial charge in [-0.3, -0.25) is 9.36 Å². The van der Waals surface area contributed by atoms with E-state index in [-0.39, 0.29) is 11.5 Å². The van der Waals surface area contributed by atoms with Crippen LogP contribution in [0.25, 0.3) is 16.6 Å². The number of aryl methyl sites for hydroxylation is 1. The number of benzene rings is 2. The van der Waals surface area contributed by atoms with Gasteiger partial charge in [-0.2, -0.15) is 0 Å². The van der Waals surface area contributed by atoms with Crippen LogP contribution >= 0.6 is 0 Å². The Morgan fingerprint density at radius 3 is 2.43 bits per heavy atom. The van der Waals surface area contributed by atoms with Crippen molar-refractivity contribution in [3.63, 3.8) is 0 Å². The first-order valence-electron chi connectivity index (χ1n) is 7.16. The van der Waals surface area contributed by atoms with E-state index in [4.69, 9.17) is 4.98 Å². The third kappa shape index (κ3) is 2.35. The second-order valence-electron chi connectivity index (χ2n) is 5.62. The maximum atomic E-state index is 12.9. The molecule has 0 saturated carbocycles. The molecule has 3 rings (SSSR count). The molecule has 0 fully saturated rings. The quantitative estimate of drug-likeness (QED) is 0.714. The lowest BCUT2D eigenvalue weighted by Gasteiger charge is -2.16.